The van der Waals surface area contributed by atoms with Gasteiger partial charge in [0, 0.05) is 43.9 Å². The van der Waals surface area contributed by atoms with Crippen LogP contribution in [0.25, 0.3) is 11.8 Å². The number of benzene rings is 2. The number of carbonyl (C=O) groups is 2. The van der Waals surface area contributed by atoms with Gasteiger partial charge in [0.2, 0.25) is 0 Å². The number of carboxylic acids is 1. The van der Waals surface area contributed by atoms with Gasteiger partial charge >= 0.3 is 5.97 Å². The Hall–Kier alpha value is -3.78. The summed E-state index contributed by atoms with van der Waals surface area (Å²) in [4.78, 5) is 32.7. The van der Waals surface area contributed by atoms with E-state index < -0.39 is 5.97 Å². The Kier molecular flexibility index (Phi) is 6.34. The number of aryl methyl sites for hydroxylation is 1. The Morgan fingerprint density at radius 3 is 2.29 bits per heavy atom. The van der Waals surface area contributed by atoms with E-state index in [0.717, 1.165) is 28.3 Å². The summed E-state index contributed by atoms with van der Waals surface area (Å²) in [5, 5.41) is 9.61. The van der Waals surface area contributed by atoms with Crippen molar-refractivity contribution >= 4 is 46.3 Å². The lowest BCUT2D eigenvalue weighted by molar-refractivity contribution is -0.121. The third kappa shape index (κ3) is 4.49. The van der Waals surface area contributed by atoms with Crippen molar-refractivity contribution in [1.29, 1.82) is 0 Å². The molecule has 1 N–H and O–H groups in total. The second-order valence-corrected chi connectivity index (χ2v) is 9.30. The summed E-state index contributed by atoms with van der Waals surface area (Å²) in [7, 11) is 5.72. The number of aromatic carboxylic acids is 1. The molecule has 0 aliphatic carbocycles. The first-order valence-electron chi connectivity index (χ1n) is 10.7. The monoisotopic (exact) mass is 474 g/mol. The zero-order valence-electron chi connectivity index (χ0n) is 19.7. The molecular weight excluding hydrogens is 448 g/mol. The third-order valence-electron chi connectivity index (χ3n) is 5.72. The summed E-state index contributed by atoms with van der Waals surface area (Å²) in [5.41, 5.74) is 6.10. The second kappa shape index (κ2) is 9.23. The summed E-state index contributed by atoms with van der Waals surface area (Å²) in [5.74, 6) is -1.11. The number of rotatable bonds is 5. The van der Waals surface area contributed by atoms with Crippen molar-refractivity contribution in [2.75, 3.05) is 26.0 Å². The highest BCUT2D eigenvalue weighted by atomic mass is 32.2. The number of likely N-dealkylation sites (N-methyl/N-ethyl adjacent to an activating group) is 1. The maximum Gasteiger partial charge on any atom is 0.335 e. The SMILES string of the molecule is Cc1cc(/C=C2\SC(=Nc3ccc(C(=O)O)cc3)N(C)C2=O)c(C)n1-c1ccc(N(C)C)cc1. The average molecular weight is 475 g/mol. The number of carboxylic acid groups (broad SMARTS) is 1. The van der Waals surface area contributed by atoms with Gasteiger partial charge in [-0.3, -0.25) is 9.69 Å². The standard InChI is InChI=1S/C26H26N4O3S/c1-16-14-19(17(2)30(16)22-12-10-21(11-13-22)28(3)4)15-23-24(31)29(5)26(34-23)27-20-8-6-18(7-9-20)25(32)33/h6-15H,1-5H3,(H,32,33)/b23-15-,27-26?. The van der Waals surface area contributed by atoms with Gasteiger partial charge in [-0.2, -0.15) is 0 Å². The zero-order chi connectivity index (χ0) is 24.6. The van der Waals surface area contributed by atoms with Crippen molar-refractivity contribution in [2.24, 2.45) is 4.99 Å². The van der Waals surface area contributed by atoms with Crippen LogP contribution in [0, 0.1) is 13.8 Å². The topological polar surface area (TPSA) is 78.1 Å². The van der Waals surface area contributed by atoms with Crippen LogP contribution in [-0.2, 0) is 4.79 Å². The molecule has 1 aliphatic heterocycles. The highest BCUT2D eigenvalue weighted by Gasteiger charge is 2.30. The maximum atomic E-state index is 12.9. The van der Waals surface area contributed by atoms with E-state index in [1.165, 1.54) is 28.8 Å². The van der Waals surface area contributed by atoms with E-state index >= 15 is 0 Å². The number of hydrogen-bond acceptors (Lipinski definition) is 5. The molecule has 0 saturated carbocycles. The first kappa shape index (κ1) is 23.4. The highest BCUT2D eigenvalue weighted by molar-refractivity contribution is 8.18. The molecule has 3 aromatic rings. The van der Waals surface area contributed by atoms with Crippen molar-refractivity contribution < 1.29 is 14.7 Å². The summed E-state index contributed by atoms with van der Waals surface area (Å²) >= 11 is 1.31. The molecule has 0 unspecified atom stereocenters. The molecule has 1 aromatic heterocycles. The Bertz CT molecular complexity index is 1320. The number of aliphatic imine (C=N–C) groups is 1. The van der Waals surface area contributed by atoms with Gasteiger partial charge in [0.15, 0.2) is 5.17 Å². The Labute approximate surface area is 203 Å². The molecule has 2 aromatic carbocycles. The quantitative estimate of drug-likeness (QED) is 0.521. The number of aromatic nitrogens is 1. The van der Waals surface area contributed by atoms with E-state index in [1.807, 2.05) is 27.1 Å². The number of carbonyl (C=O) groups excluding carboxylic acids is 1. The lowest BCUT2D eigenvalue weighted by Gasteiger charge is -2.14. The van der Waals surface area contributed by atoms with Crippen LogP contribution in [0.3, 0.4) is 0 Å². The average Bonchev–Trinajstić information content (AvgIpc) is 3.23. The summed E-state index contributed by atoms with van der Waals surface area (Å²) < 4.78 is 2.18. The van der Waals surface area contributed by atoms with Crippen LogP contribution >= 0.6 is 11.8 Å². The van der Waals surface area contributed by atoms with Crippen LogP contribution in [0.4, 0.5) is 11.4 Å². The molecule has 1 amide bonds. The van der Waals surface area contributed by atoms with Crippen LogP contribution in [-0.4, -0.2) is 52.8 Å². The molecule has 1 fully saturated rings. The van der Waals surface area contributed by atoms with Crippen molar-refractivity contribution in [3.05, 3.63) is 82.0 Å². The summed E-state index contributed by atoms with van der Waals surface area (Å²) in [6.07, 6.45) is 1.91. The zero-order valence-corrected chi connectivity index (χ0v) is 20.6. The summed E-state index contributed by atoms with van der Waals surface area (Å²) in [6, 6.07) is 16.7. The first-order valence-corrected chi connectivity index (χ1v) is 11.5. The fraction of sp³-hybridized carbons (Fsp3) is 0.192. The molecule has 4 rings (SSSR count). The van der Waals surface area contributed by atoms with Crippen molar-refractivity contribution in [1.82, 2.24) is 9.47 Å². The number of amidine groups is 1. The second-order valence-electron chi connectivity index (χ2n) is 8.29. The van der Waals surface area contributed by atoms with Gasteiger partial charge in [0.1, 0.15) is 0 Å². The lowest BCUT2D eigenvalue weighted by Crippen LogP contribution is -2.23. The Morgan fingerprint density at radius 1 is 1.06 bits per heavy atom. The van der Waals surface area contributed by atoms with Gasteiger partial charge in [-0.05, 0) is 91.8 Å². The minimum atomic E-state index is -0.988. The van der Waals surface area contributed by atoms with Crippen molar-refractivity contribution in [3.8, 4) is 5.69 Å². The van der Waals surface area contributed by atoms with E-state index in [4.69, 9.17) is 5.11 Å². The van der Waals surface area contributed by atoms with Crippen LogP contribution in [0.5, 0.6) is 0 Å². The molecule has 8 heteroatoms. The third-order valence-corrected chi connectivity index (χ3v) is 6.78. The fourth-order valence-electron chi connectivity index (χ4n) is 3.81. The van der Waals surface area contributed by atoms with Crippen molar-refractivity contribution in [3.63, 3.8) is 0 Å². The molecular formula is C26H26N4O3S. The smallest absolute Gasteiger partial charge is 0.335 e. The molecule has 1 aliphatic rings. The number of nitrogens with zero attached hydrogens (tertiary/aromatic N) is 4. The number of amides is 1. The predicted octanol–water partition coefficient (Wildman–Crippen LogP) is 5.09. The summed E-state index contributed by atoms with van der Waals surface area (Å²) in [6.45, 7) is 4.10. The van der Waals surface area contributed by atoms with Gasteiger partial charge in [-0.15, -0.1) is 0 Å². The molecule has 1 saturated heterocycles. The lowest BCUT2D eigenvalue weighted by atomic mass is 10.2. The van der Waals surface area contributed by atoms with E-state index in [9.17, 15) is 9.59 Å². The van der Waals surface area contributed by atoms with Crippen molar-refractivity contribution in [2.45, 2.75) is 13.8 Å². The molecule has 0 spiro atoms. The highest BCUT2D eigenvalue weighted by Crippen LogP contribution is 2.34. The van der Waals surface area contributed by atoms with E-state index in [2.05, 4.69) is 51.7 Å². The number of thioether (sulfide) groups is 1. The van der Waals surface area contributed by atoms with Crippen LogP contribution in [0.2, 0.25) is 0 Å². The van der Waals surface area contributed by atoms with Gasteiger partial charge in [-0.1, -0.05) is 0 Å². The van der Waals surface area contributed by atoms with Gasteiger partial charge in [0.25, 0.3) is 5.91 Å². The van der Waals surface area contributed by atoms with Gasteiger partial charge < -0.3 is 14.6 Å². The molecule has 34 heavy (non-hydrogen) atoms. The minimum Gasteiger partial charge on any atom is -0.478 e. The van der Waals surface area contributed by atoms with E-state index in [0.29, 0.717) is 15.8 Å². The van der Waals surface area contributed by atoms with Crippen LogP contribution in [0.15, 0.2) is 64.5 Å². The number of anilines is 1. The molecule has 174 valence electrons. The van der Waals surface area contributed by atoms with Gasteiger partial charge in [-0.25, -0.2) is 9.79 Å². The van der Waals surface area contributed by atoms with Gasteiger partial charge in [0.05, 0.1) is 16.2 Å². The normalized spacial score (nSPS) is 16.0. The molecule has 0 radical (unpaired) electrons. The molecule has 2 heterocycles. The number of hydrogen-bond donors (Lipinski definition) is 1. The molecule has 7 nitrogen and oxygen atoms in total. The molecule has 0 atom stereocenters. The van der Waals surface area contributed by atoms with E-state index in [-0.39, 0.29) is 11.5 Å². The maximum absolute atomic E-state index is 12.9. The van der Waals surface area contributed by atoms with E-state index in [1.54, 1.807) is 19.2 Å². The minimum absolute atomic E-state index is 0.119. The predicted molar refractivity (Wildman–Crippen MR) is 138 cm³/mol. The largest absolute Gasteiger partial charge is 0.478 e. The Balaban J connectivity index is 1.62. The fourth-order valence-corrected chi connectivity index (χ4v) is 4.79. The first-order chi connectivity index (χ1) is 16.2. The Morgan fingerprint density at radius 2 is 1.71 bits per heavy atom. The molecule has 0 bridgehead atoms. The van der Waals surface area contributed by atoms with Crippen LogP contribution < -0.4 is 4.90 Å². The van der Waals surface area contributed by atoms with Crippen LogP contribution in [0.1, 0.15) is 27.3 Å².